The molecule has 3 heteroatoms. The van der Waals surface area contributed by atoms with Crippen molar-refractivity contribution in [3.05, 3.63) is 53.3 Å². The van der Waals surface area contributed by atoms with Gasteiger partial charge in [-0.15, -0.1) is 0 Å². The Morgan fingerprint density at radius 1 is 1.38 bits per heavy atom. The lowest BCUT2D eigenvalue weighted by Crippen LogP contribution is -2.08. The SMILES string of the molecule is Cc1[c]nn(C)c1CC(=O)c1ccccc1. The summed E-state index contributed by atoms with van der Waals surface area (Å²) in [5, 5.41) is 4.00. The number of ketones is 1. The highest BCUT2D eigenvalue weighted by atomic mass is 16.1. The van der Waals surface area contributed by atoms with Crippen molar-refractivity contribution in [1.82, 2.24) is 9.78 Å². The summed E-state index contributed by atoms with van der Waals surface area (Å²) in [5.74, 6) is 0.112. The van der Waals surface area contributed by atoms with E-state index in [1.54, 1.807) is 4.68 Å². The van der Waals surface area contributed by atoms with E-state index in [4.69, 9.17) is 0 Å². The van der Waals surface area contributed by atoms with Crippen LogP contribution in [0.3, 0.4) is 0 Å². The molecule has 16 heavy (non-hydrogen) atoms. The van der Waals surface area contributed by atoms with Crippen molar-refractivity contribution in [1.29, 1.82) is 0 Å². The molecule has 81 valence electrons. The molecule has 1 aromatic carbocycles. The molecule has 0 atom stereocenters. The highest BCUT2D eigenvalue weighted by molar-refractivity contribution is 5.97. The second-order valence-corrected chi connectivity index (χ2v) is 3.77. The van der Waals surface area contributed by atoms with Crippen LogP contribution >= 0.6 is 0 Å². The standard InChI is InChI=1S/C13H13N2O/c1-10-9-14-15(2)12(10)8-13(16)11-6-4-3-5-7-11/h3-7H,8H2,1-2H3. The average molecular weight is 213 g/mol. The van der Waals surface area contributed by atoms with Crippen LogP contribution in [0, 0.1) is 13.1 Å². The van der Waals surface area contributed by atoms with Crippen LogP contribution in [0.5, 0.6) is 0 Å². The van der Waals surface area contributed by atoms with Gasteiger partial charge in [-0.25, -0.2) is 0 Å². The third-order valence-corrected chi connectivity index (χ3v) is 2.61. The third-order valence-electron chi connectivity index (χ3n) is 2.61. The highest BCUT2D eigenvalue weighted by Gasteiger charge is 2.11. The van der Waals surface area contributed by atoms with Gasteiger partial charge in [0, 0.05) is 23.9 Å². The van der Waals surface area contributed by atoms with Gasteiger partial charge in [-0.3, -0.25) is 9.48 Å². The average Bonchev–Trinajstić information content (AvgIpc) is 2.62. The Labute approximate surface area is 94.7 Å². The Kier molecular flexibility index (Phi) is 2.86. The fourth-order valence-electron chi connectivity index (χ4n) is 1.64. The zero-order valence-corrected chi connectivity index (χ0v) is 9.40. The van der Waals surface area contributed by atoms with E-state index >= 15 is 0 Å². The smallest absolute Gasteiger partial charge is 0.168 e. The Morgan fingerprint density at radius 3 is 2.62 bits per heavy atom. The van der Waals surface area contributed by atoms with Crippen LogP contribution < -0.4 is 0 Å². The monoisotopic (exact) mass is 213 g/mol. The summed E-state index contributed by atoms with van der Waals surface area (Å²) in [6.45, 7) is 1.92. The van der Waals surface area contributed by atoms with Crippen LogP contribution in [0.4, 0.5) is 0 Å². The number of aryl methyl sites for hydroxylation is 2. The summed E-state index contributed by atoms with van der Waals surface area (Å²) in [5.41, 5.74) is 2.60. The molecule has 0 saturated carbocycles. The number of carbonyl (C=O) groups excluding carboxylic acids is 1. The van der Waals surface area contributed by atoms with Crippen LogP contribution in [0.25, 0.3) is 0 Å². The molecule has 0 saturated heterocycles. The number of benzene rings is 1. The molecule has 3 nitrogen and oxygen atoms in total. The molecule has 1 heterocycles. The summed E-state index contributed by atoms with van der Waals surface area (Å²) in [6, 6.07) is 9.31. The summed E-state index contributed by atoms with van der Waals surface area (Å²) >= 11 is 0. The van der Waals surface area contributed by atoms with E-state index in [-0.39, 0.29) is 5.78 Å². The van der Waals surface area contributed by atoms with Gasteiger partial charge in [-0.05, 0) is 6.92 Å². The molecule has 0 fully saturated rings. The predicted octanol–water partition coefficient (Wildman–Crippen LogP) is 1.95. The van der Waals surface area contributed by atoms with Gasteiger partial charge in [0.25, 0.3) is 0 Å². The lowest BCUT2D eigenvalue weighted by atomic mass is 10.1. The van der Waals surface area contributed by atoms with E-state index in [1.807, 2.05) is 44.3 Å². The summed E-state index contributed by atoms with van der Waals surface area (Å²) < 4.78 is 1.70. The van der Waals surface area contributed by atoms with Gasteiger partial charge in [0.05, 0.1) is 6.42 Å². The van der Waals surface area contributed by atoms with Crippen molar-refractivity contribution in [2.24, 2.45) is 7.05 Å². The van der Waals surface area contributed by atoms with Gasteiger partial charge in [0.1, 0.15) is 6.20 Å². The predicted molar refractivity (Wildman–Crippen MR) is 61.3 cm³/mol. The summed E-state index contributed by atoms with van der Waals surface area (Å²) in [4.78, 5) is 12.0. The Balaban J connectivity index is 2.21. The first-order chi connectivity index (χ1) is 7.68. The minimum Gasteiger partial charge on any atom is -0.294 e. The number of rotatable bonds is 3. The Bertz CT molecular complexity index is 480. The molecule has 0 aliphatic heterocycles. The second kappa shape index (κ2) is 4.31. The minimum absolute atomic E-state index is 0.112. The molecule has 0 aliphatic rings. The highest BCUT2D eigenvalue weighted by Crippen LogP contribution is 2.10. The molecule has 0 bridgehead atoms. The largest absolute Gasteiger partial charge is 0.294 e. The fourth-order valence-corrected chi connectivity index (χ4v) is 1.64. The van der Waals surface area contributed by atoms with Crippen LogP contribution in [-0.2, 0) is 13.5 Å². The molecule has 0 N–H and O–H groups in total. The van der Waals surface area contributed by atoms with Crippen molar-refractivity contribution in [2.45, 2.75) is 13.3 Å². The van der Waals surface area contributed by atoms with Gasteiger partial charge >= 0.3 is 0 Å². The van der Waals surface area contributed by atoms with Crippen LogP contribution in [-0.4, -0.2) is 15.6 Å². The van der Waals surface area contributed by atoms with E-state index in [0.29, 0.717) is 6.42 Å². The normalized spacial score (nSPS) is 10.4. The quantitative estimate of drug-likeness (QED) is 0.730. The number of hydrogen-bond donors (Lipinski definition) is 0. The van der Waals surface area contributed by atoms with Crippen LogP contribution in [0.2, 0.25) is 0 Å². The van der Waals surface area contributed by atoms with Crippen LogP contribution in [0.15, 0.2) is 30.3 Å². The minimum atomic E-state index is 0.112. The van der Waals surface area contributed by atoms with E-state index in [2.05, 4.69) is 11.3 Å². The van der Waals surface area contributed by atoms with Crippen molar-refractivity contribution in [3.8, 4) is 0 Å². The number of Topliss-reactive ketones (excluding diaryl/α,β-unsaturated/α-hetero) is 1. The van der Waals surface area contributed by atoms with Gasteiger partial charge in [-0.1, -0.05) is 30.3 Å². The van der Waals surface area contributed by atoms with Crippen molar-refractivity contribution in [2.75, 3.05) is 0 Å². The molecule has 1 radical (unpaired) electrons. The van der Waals surface area contributed by atoms with Gasteiger partial charge in [0.2, 0.25) is 0 Å². The number of hydrogen-bond acceptors (Lipinski definition) is 2. The van der Waals surface area contributed by atoms with Gasteiger partial charge in [-0.2, -0.15) is 5.10 Å². The van der Waals surface area contributed by atoms with Crippen molar-refractivity contribution < 1.29 is 4.79 Å². The van der Waals surface area contributed by atoms with Crippen LogP contribution in [0.1, 0.15) is 21.6 Å². The lowest BCUT2D eigenvalue weighted by Gasteiger charge is -2.03. The maximum atomic E-state index is 12.0. The first-order valence-electron chi connectivity index (χ1n) is 5.17. The summed E-state index contributed by atoms with van der Waals surface area (Å²) in [6.07, 6.45) is 3.23. The van der Waals surface area contributed by atoms with E-state index < -0.39 is 0 Å². The Hall–Kier alpha value is -1.90. The Morgan fingerprint density at radius 2 is 2.06 bits per heavy atom. The molecule has 0 amide bonds. The van der Waals surface area contributed by atoms with Gasteiger partial charge in [0.15, 0.2) is 5.78 Å². The van der Waals surface area contributed by atoms with E-state index in [1.165, 1.54) is 0 Å². The van der Waals surface area contributed by atoms with E-state index in [0.717, 1.165) is 16.8 Å². The van der Waals surface area contributed by atoms with Crippen molar-refractivity contribution >= 4 is 5.78 Å². The first kappa shape index (κ1) is 10.6. The number of carbonyl (C=O) groups is 1. The number of nitrogens with zero attached hydrogens (tertiary/aromatic N) is 2. The molecule has 0 spiro atoms. The molecular weight excluding hydrogens is 200 g/mol. The number of aromatic nitrogens is 2. The first-order valence-corrected chi connectivity index (χ1v) is 5.17. The zero-order valence-electron chi connectivity index (χ0n) is 9.40. The maximum Gasteiger partial charge on any atom is 0.168 e. The lowest BCUT2D eigenvalue weighted by molar-refractivity contribution is 0.0990. The molecule has 0 aliphatic carbocycles. The summed E-state index contributed by atoms with van der Waals surface area (Å²) in [7, 11) is 1.83. The molecule has 2 aromatic rings. The fraction of sp³-hybridized carbons (Fsp3) is 0.231. The second-order valence-electron chi connectivity index (χ2n) is 3.77. The maximum absolute atomic E-state index is 12.0. The molecule has 2 rings (SSSR count). The zero-order chi connectivity index (χ0) is 11.5. The topological polar surface area (TPSA) is 34.9 Å². The van der Waals surface area contributed by atoms with E-state index in [9.17, 15) is 4.79 Å². The van der Waals surface area contributed by atoms with Crippen molar-refractivity contribution in [3.63, 3.8) is 0 Å². The molecular formula is C13H13N2O. The molecule has 0 unspecified atom stereocenters. The van der Waals surface area contributed by atoms with Gasteiger partial charge < -0.3 is 0 Å². The molecule has 1 aromatic heterocycles. The third kappa shape index (κ3) is 2.03.